The first kappa shape index (κ1) is 18.8. The molecule has 0 aliphatic carbocycles. The van der Waals surface area contributed by atoms with Crippen LogP contribution in [-0.2, 0) is 0 Å². The average molecular weight is 417 g/mol. The number of H-pyrrole nitrogens is 2. The highest BCUT2D eigenvalue weighted by Gasteiger charge is 2.10. The van der Waals surface area contributed by atoms with Crippen molar-refractivity contribution in [2.24, 2.45) is 0 Å². The van der Waals surface area contributed by atoms with E-state index in [2.05, 4.69) is 98.3 Å². The van der Waals surface area contributed by atoms with E-state index in [1.165, 1.54) is 33.0 Å². The van der Waals surface area contributed by atoms with Gasteiger partial charge in [0.25, 0.3) is 0 Å². The van der Waals surface area contributed by atoms with Crippen LogP contribution in [0.5, 0.6) is 0 Å². The van der Waals surface area contributed by atoms with Crippen LogP contribution in [0.25, 0.3) is 55.6 Å². The van der Waals surface area contributed by atoms with Crippen LogP contribution < -0.4 is 0 Å². The Morgan fingerprint density at radius 2 is 0.906 bits per heavy atom. The number of aromatic nitrogens is 4. The highest BCUT2D eigenvalue weighted by Crippen LogP contribution is 2.29. The van der Waals surface area contributed by atoms with Crippen molar-refractivity contribution in [1.29, 1.82) is 0 Å². The zero-order valence-electron chi connectivity index (χ0n) is 18.7. The van der Waals surface area contributed by atoms with Gasteiger partial charge in [-0.2, -0.15) is 0 Å². The number of hydrogen-bond donors (Lipinski definition) is 2. The molecular formula is C28H24N4. The van der Waals surface area contributed by atoms with Crippen LogP contribution in [0.15, 0.2) is 60.7 Å². The minimum atomic E-state index is 0.902. The van der Waals surface area contributed by atoms with E-state index >= 15 is 0 Å². The summed E-state index contributed by atoms with van der Waals surface area (Å²) in [4.78, 5) is 16.6. The summed E-state index contributed by atoms with van der Waals surface area (Å²) in [5, 5.41) is 2.36. The van der Waals surface area contributed by atoms with Gasteiger partial charge < -0.3 is 9.97 Å². The lowest BCUT2D eigenvalue weighted by Crippen LogP contribution is -1.84. The van der Waals surface area contributed by atoms with Gasteiger partial charge >= 0.3 is 0 Å². The first-order chi connectivity index (χ1) is 15.4. The molecule has 0 bridgehead atoms. The van der Waals surface area contributed by atoms with E-state index in [4.69, 9.17) is 9.97 Å². The minimum Gasteiger partial charge on any atom is -0.338 e. The van der Waals surface area contributed by atoms with Gasteiger partial charge in [0.15, 0.2) is 0 Å². The summed E-state index contributed by atoms with van der Waals surface area (Å²) >= 11 is 0. The smallest absolute Gasteiger partial charge is 0.138 e. The molecular weight excluding hydrogens is 392 g/mol. The highest BCUT2D eigenvalue weighted by molar-refractivity contribution is 5.91. The fourth-order valence-electron chi connectivity index (χ4n) is 4.35. The van der Waals surface area contributed by atoms with Crippen molar-refractivity contribution in [3.8, 4) is 22.8 Å². The Balaban J connectivity index is 1.40. The van der Waals surface area contributed by atoms with E-state index in [9.17, 15) is 0 Å². The van der Waals surface area contributed by atoms with Crippen molar-refractivity contribution in [3.05, 3.63) is 82.9 Å². The molecule has 4 nitrogen and oxygen atoms in total. The van der Waals surface area contributed by atoms with Gasteiger partial charge in [-0.25, -0.2) is 9.97 Å². The average Bonchev–Trinajstić information content (AvgIpc) is 3.37. The van der Waals surface area contributed by atoms with Crippen LogP contribution >= 0.6 is 0 Å². The zero-order chi connectivity index (χ0) is 22.0. The van der Waals surface area contributed by atoms with Crippen LogP contribution in [0, 0.1) is 27.7 Å². The van der Waals surface area contributed by atoms with Crippen LogP contribution in [0.2, 0.25) is 0 Å². The van der Waals surface area contributed by atoms with Crippen molar-refractivity contribution in [2.45, 2.75) is 27.7 Å². The Labute approximate surface area is 186 Å². The van der Waals surface area contributed by atoms with E-state index in [-0.39, 0.29) is 0 Å². The lowest BCUT2D eigenvalue weighted by atomic mass is 10.0. The third-order valence-corrected chi connectivity index (χ3v) is 6.58. The van der Waals surface area contributed by atoms with Crippen molar-refractivity contribution < 1.29 is 0 Å². The molecule has 32 heavy (non-hydrogen) atoms. The maximum atomic E-state index is 4.82. The van der Waals surface area contributed by atoms with Crippen LogP contribution in [0.1, 0.15) is 22.3 Å². The fraction of sp³-hybridized carbons (Fsp3) is 0.143. The number of rotatable bonds is 2. The number of nitrogens with zero attached hydrogens (tertiary/aromatic N) is 2. The maximum Gasteiger partial charge on any atom is 0.138 e. The van der Waals surface area contributed by atoms with E-state index < -0.39 is 0 Å². The number of hydrogen-bond acceptors (Lipinski definition) is 2. The first-order valence-corrected chi connectivity index (χ1v) is 10.9. The second-order valence-electron chi connectivity index (χ2n) is 8.85. The van der Waals surface area contributed by atoms with Gasteiger partial charge in [-0.1, -0.05) is 24.3 Å². The van der Waals surface area contributed by atoms with Gasteiger partial charge in [0.1, 0.15) is 11.6 Å². The standard InChI is InChI=1S/C28H24N4/c1-15-9-23-24(10-16(15)2)30-27(29-23)21-7-5-20-14-22(8-6-19(20)13-21)28-31-25-11-17(3)18(4)12-26(25)32-28/h5-14H,1-4H3,(H,29,30)(H,31,32). The first-order valence-electron chi connectivity index (χ1n) is 10.9. The largest absolute Gasteiger partial charge is 0.338 e. The van der Waals surface area contributed by atoms with Crippen molar-refractivity contribution >= 4 is 32.8 Å². The van der Waals surface area contributed by atoms with Crippen molar-refractivity contribution in [3.63, 3.8) is 0 Å². The Morgan fingerprint density at radius 1 is 0.500 bits per heavy atom. The third-order valence-electron chi connectivity index (χ3n) is 6.58. The second kappa shape index (κ2) is 6.79. The molecule has 2 N–H and O–H groups in total. The number of aryl methyl sites for hydroxylation is 4. The number of imidazole rings is 2. The van der Waals surface area contributed by atoms with Gasteiger partial charge in [-0.05, 0) is 97.1 Å². The number of benzene rings is 4. The topological polar surface area (TPSA) is 57.4 Å². The van der Waals surface area contributed by atoms with Gasteiger partial charge in [-0.15, -0.1) is 0 Å². The monoisotopic (exact) mass is 416 g/mol. The molecule has 2 heterocycles. The summed E-state index contributed by atoms with van der Waals surface area (Å²) in [5.41, 5.74) is 11.4. The van der Waals surface area contributed by atoms with Crippen molar-refractivity contribution in [2.75, 3.05) is 0 Å². The summed E-state index contributed by atoms with van der Waals surface area (Å²) in [7, 11) is 0. The van der Waals surface area contributed by atoms with E-state index in [1.807, 2.05) is 0 Å². The molecule has 0 unspecified atom stereocenters. The molecule has 6 rings (SSSR count). The molecule has 0 saturated carbocycles. The summed E-state index contributed by atoms with van der Waals surface area (Å²) in [5.74, 6) is 1.80. The lowest BCUT2D eigenvalue weighted by Gasteiger charge is -2.04. The van der Waals surface area contributed by atoms with Crippen LogP contribution in [0.4, 0.5) is 0 Å². The number of fused-ring (bicyclic) bond motifs is 3. The van der Waals surface area contributed by atoms with Gasteiger partial charge in [0.05, 0.1) is 22.1 Å². The molecule has 0 spiro atoms. The molecule has 0 saturated heterocycles. The normalized spacial score (nSPS) is 11.8. The molecule has 2 aromatic heterocycles. The second-order valence-corrected chi connectivity index (χ2v) is 8.85. The van der Waals surface area contributed by atoms with Crippen molar-refractivity contribution in [1.82, 2.24) is 19.9 Å². The number of nitrogens with one attached hydrogen (secondary N) is 2. The fourth-order valence-corrected chi connectivity index (χ4v) is 4.35. The molecule has 0 amide bonds. The van der Waals surface area contributed by atoms with Crippen LogP contribution in [-0.4, -0.2) is 19.9 Å². The molecule has 156 valence electrons. The molecule has 0 radical (unpaired) electrons. The quantitative estimate of drug-likeness (QED) is 0.315. The Morgan fingerprint density at radius 3 is 1.34 bits per heavy atom. The molecule has 0 aliphatic rings. The van der Waals surface area contributed by atoms with E-state index in [0.29, 0.717) is 0 Å². The molecule has 4 heteroatoms. The third kappa shape index (κ3) is 2.99. The predicted octanol–water partition coefficient (Wildman–Crippen LogP) is 7.16. The molecule has 0 fully saturated rings. The number of aromatic amines is 2. The summed E-state index contributed by atoms with van der Waals surface area (Å²) < 4.78 is 0. The Bertz CT molecular complexity index is 1460. The van der Waals surface area contributed by atoms with E-state index in [0.717, 1.165) is 44.8 Å². The maximum absolute atomic E-state index is 4.82. The van der Waals surface area contributed by atoms with Crippen LogP contribution in [0.3, 0.4) is 0 Å². The SMILES string of the molecule is Cc1cc2nc(-c3ccc4cc(-c5nc6cc(C)c(C)cc6[nH]5)ccc4c3)[nH]c2cc1C. The molecule has 0 atom stereocenters. The highest BCUT2D eigenvalue weighted by atomic mass is 14.9. The van der Waals surface area contributed by atoms with Gasteiger partial charge in [0, 0.05) is 11.1 Å². The molecule has 6 aromatic rings. The molecule has 4 aromatic carbocycles. The lowest BCUT2D eigenvalue weighted by molar-refractivity contribution is 1.33. The minimum absolute atomic E-state index is 0.902. The zero-order valence-corrected chi connectivity index (χ0v) is 18.7. The Kier molecular flexibility index (Phi) is 3.99. The van der Waals surface area contributed by atoms with Gasteiger partial charge in [-0.3, -0.25) is 0 Å². The Hall–Kier alpha value is -3.92. The summed E-state index contributed by atoms with van der Waals surface area (Å²) in [6.07, 6.45) is 0. The van der Waals surface area contributed by atoms with E-state index in [1.54, 1.807) is 0 Å². The predicted molar refractivity (Wildman–Crippen MR) is 133 cm³/mol. The summed E-state index contributed by atoms with van der Waals surface area (Å²) in [6, 6.07) is 21.6. The van der Waals surface area contributed by atoms with Gasteiger partial charge in [0.2, 0.25) is 0 Å². The molecule has 0 aliphatic heterocycles. The summed E-state index contributed by atoms with van der Waals surface area (Å²) in [6.45, 7) is 8.52.